The number of ether oxygens (including phenoxy) is 2. The summed E-state index contributed by atoms with van der Waals surface area (Å²) in [4.78, 5) is 139. The molecule has 532 valence electrons. The number of amides is 10. The van der Waals surface area contributed by atoms with Gasteiger partial charge in [0.15, 0.2) is 0 Å². The highest BCUT2D eigenvalue weighted by Gasteiger charge is 2.41. The van der Waals surface area contributed by atoms with Gasteiger partial charge in [-0.3, -0.25) is 62.6 Å². The van der Waals surface area contributed by atoms with E-state index < -0.39 is 5.54 Å². The van der Waals surface area contributed by atoms with E-state index >= 15 is 0 Å². The number of nitrogens with one attached hydrogen (secondary N) is 4. The normalized spacial score (nSPS) is 16.0. The van der Waals surface area contributed by atoms with Crippen molar-refractivity contribution in [3.8, 4) is 0 Å². The zero-order valence-electron chi connectivity index (χ0n) is 58.9. The second-order valence-electron chi connectivity index (χ2n) is 21.6. The van der Waals surface area contributed by atoms with Crippen molar-refractivity contribution in [3.05, 3.63) is 24.4 Å². The highest BCUT2D eigenvalue weighted by molar-refractivity contribution is 8.76. The number of allylic oxidation sites excluding steroid dienone is 1. The predicted molar refractivity (Wildman–Crippen MR) is 381 cm³/mol. The fraction of sp³-hybridized carbons (Fsp3) is 0.776. The molecular weight excluding hydrogens is 1250 g/mol. The van der Waals surface area contributed by atoms with Crippen LogP contribution >= 0.6 is 45.1 Å². The summed E-state index contributed by atoms with van der Waals surface area (Å²) in [6, 6.07) is 0. The van der Waals surface area contributed by atoms with Crippen LogP contribution in [0.3, 0.4) is 0 Å². The van der Waals surface area contributed by atoms with Gasteiger partial charge < -0.3 is 40.4 Å². The van der Waals surface area contributed by atoms with E-state index in [0.29, 0.717) is 45.1 Å². The zero-order valence-corrected chi connectivity index (χ0v) is 62.2. The first-order valence-electron chi connectivity index (χ1n) is 34.0. The molecule has 2 saturated heterocycles. The summed E-state index contributed by atoms with van der Waals surface area (Å²) < 4.78 is 12.0. The SMILES string of the molecule is C=C1C=CC(=O)N1CCSSCCC=O.CC.CC.CCCC.CCCC.CCCCSC1CC(=O)N(CCNC(=O)CCOCC(CCCCC(=O)NCCN(C=O)C(=O)C(CC)SCCC)(COCCC(=O)NCCN2C(=O)CC(C(C)CC)C2=O)NC)C1=O. The van der Waals surface area contributed by atoms with Crippen LogP contribution in [-0.4, -0.2) is 204 Å². The molecule has 3 aliphatic rings. The van der Waals surface area contributed by atoms with Gasteiger partial charge in [-0.05, 0) is 62.7 Å². The largest absolute Gasteiger partial charge is 0.379 e. The summed E-state index contributed by atoms with van der Waals surface area (Å²) in [6.07, 6.45) is 17.2. The molecule has 0 aromatic rings. The van der Waals surface area contributed by atoms with Gasteiger partial charge in [0.1, 0.15) is 6.29 Å². The Labute approximate surface area is 571 Å². The number of hydrogen-bond acceptors (Lipinski definition) is 18. The van der Waals surface area contributed by atoms with E-state index in [0.717, 1.165) is 65.6 Å². The Bertz CT molecular complexity index is 2100. The van der Waals surface area contributed by atoms with Crippen LogP contribution in [0.15, 0.2) is 24.4 Å². The number of imide groups is 3. The van der Waals surface area contributed by atoms with E-state index in [9.17, 15) is 52.7 Å². The topological polar surface area (TPSA) is 267 Å². The second-order valence-corrected chi connectivity index (χ2v) is 26.9. The van der Waals surface area contributed by atoms with Crippen LogP contribution < -0.4 is 21.3 Å². The molecule has 5 unspecified atom stereocenters. The van der Waals surface area contributed by atoms with E-state index in [4.69, 9.17) is 9.47 Å². The minimum atomic E-state index is -0.745. The highest BCUT2D eigenvalue weighted by atomic mass is 33.1. The Morgan fingerprint density at radius 1 is 0.652 bits per heavy atom. The van der Waals surface area contributed by atoms with Crippen molar-refractivity contribution >= 4 is 111 Å². The Balaban J connectivity index is -0.00000243. The third-order valence-corrected chi connectivity index (χ3v) is 19.9. The molecule has 25 heteroatoms. The van der Waals surface area contributed by atoms with Gasteiger partial charge in [-0.1, -0.05) is 163 Å². The van der Waals surface area contributed by atoms with Crippen molar-refractivity contribution in [2.45, 2.75) is 222 Å². The molecule has 2 fully saturated rings. The molecule has 0 radical (unpaired) electrons. The van der Waals surface area contributed by atoms with Crippen LogP contribution in [0.4, 0.5) is 0 Å². The van der Waals surface area contributed by atoms with Crippen LogP contribution in [0, 0.1) is 11.8 Å². The number of aldehydes is 1. The van der Waals surface area contributed by atoms with E-state index in [1.165, 1.54) is 65.1 Å². The summed E-state index contributed by atoms with van der Waals surface area (Å²) in [5.74, 6) is 1.21. The molecule has 0 spiro atoms. The third-order valence-electron chi connectivity index (χ3n) is 14.6. The minimum Gasteiger partial charge on any atom is -0.379 e. The van der Waals surface area contributed by atoms with Gasteiger partial charge in [0.25, 0.3) is 5.91 Å². The lowest BCUT2D eigenvalue weighted by Crippen LogP contribution is -2.51. The molecule has 3 rings (SSSR count). The van der Waals surface area contributed by atoms with Gasteiger partial charge in [0.2, 0.25) is 53.7 Å². The second kappa shape index (κ2) is 60.4. The maximum absolute atomic E-state index is 12.8. The van der Waals surface area contributed by atoms with Gasteiger partial charge >= 0.3 is 0 Å². The predicted octanol–water partition coefficient (Wildman–Crippen LogP) is 10.2. The number of likely N-dealkylation sites (N-methyl/N-ethyl adjacent to an activating group) is 1. The van der Waals surface area contributed by atoms with Gasteiger partial charge in [0.05, 0.1) is 42.5 Å². The Hall–Kier alpha value is -4.27. The first-order chi connectivity index (χ1) is 44.3. The minimum absolute atomic E-state index is 0.0125. The van der Waals surface area contributed by atoms with Crippen molar-refractivity contribution in [2.75, 3.05) is 102 Å². The van der Waals surface area contributed by atoms with Crippen molar-refractivity contribution < 1.29 is 62.2 Å². The number of hydrogen-bond donors (Lipinski definition) is 4. The molecule has 0 bridgehead atoms. The zero-order chi connectivity index (χ0) is 70.1. The molecule has 0 saturated carbocycles. The number of carbonyl (C=O) groups is 11. The molecule has 0 aliphatic carbocycles. The van der Waals surface area contributed by atoms with Crippen LogP contribution in [0.2, 0.25) is 0 Å². The molecule has 0 aromatic carbocycles. The van der Waals surface area contributed by atoms with Crippen LogP contribution in [0.5, 0.6) is 0 Å². The van der Waals surface area contributed by atoms with Crippen LogP contribution in [0.25, 0.3) is 0 Å². The summed E-state index contributed by atoms with van der Waals surface area (Å²) in [6.45, 7) is 32.3. The lowest BCUT2D eigenvalue weighted by Gasteiger charge is -2.33. The Morgan fingerprint density at radius 3 is 1.68 bits per heavy atom. The van der Waals surface area contributed by atoms with Gasteiger partial charge in [0, 0.05) is 114 Å². The summed E-state index contributed by atoms with van der Waals surface area (Å²) in [5.41, 5.74) is 0.0171. The van der Waals surface area contributed by atoms with E-state index in [-0.39, 0.29) is 173 Å². The number of unbranched alkanes of at least 4 members (excludes halogenated alkanes) is 4. The molecule has 3 aliphatic heterocycles. The summed E-state index contributed by atoms with van der Waals surface area (Å²) >= 11 is 3.03. The smallest absolute Gasteiger partial charge is 0.251 e. The number of likely N-dealkylation sites (tertiary alicyclic amines) is 2. The van der Waals surface area contributed by atoms with Crippen molar-refractivity contribution in [1.82, 2.24) is 40.9 Å². The van der Waals surface area contributed by atoms with Crippen molar-refractivity contribution in [2.24, 2.45) is 11.8 Å². The number of rotatable bonds is 46. The number of nitrogens with zero attached hydrogens (tertiary/aromatic N) is 4. The molecule has 3 heterocycles. The maximum atomic E-state index is 12.8. The van der Waals surface area contributed by atoms with E-state index in [1.807, 2.05) is 55.4 Å². The molecule has 21 nitrogen and oxygen atoms in total. The highest BCUT2D eigenvalue weighted by Crippen LogP contribution is 2.29. The molecular formula is C67H122N8O13S4. The van der Waals surface area contributed by atoms with Crippen LogP contribution in [0.1, 0.15) is 206 Å². The summed E-state index contributed by atoms with van der Waals surface area (Å²) in [7, 11) is 5.09. The fourth-order valence-electron chi connectivity index (χ4n) is 8.43. The first-order valence-corrected chi connectivity index (χ1v) is 38.6. The molecule has 4 N–H and O–H groups in total. The van der Waals surface area contributed by atoms with Gasteiger partial charge in [-0.25, -0.2) is 0 Å². The lowest BCUT2D eigenvalue weighted by atomic mass is 9.90. The van der Waals surface area contributed by atoms with Crippen molar-refractivity contribution in [1.29, 1.82) is 0 Å². The molecule has 0 aromatic heterocycles. The van der Waals surface area contributed by atoms with Crippen molar-refractivity contribution in [3.63, 3.8) is 0 Å². The van der Waals surface area contributed by atoms with Gasteiger partial charge in [-0.15, -0.1) is 23.5 Å². The summed E-state index contributed by atoms with van der Waals surface area (Å²) in [5, 5.41) is 10.9. The fourth-order valence-corrected chi connectivity index (χ4v) is 12.6. The lowest BCUT2D eigenvalue weighted by molar-refractivity contribution is -0.141. The van der Waals surface area contributed by atoms with Gasteiger partial charge in [-0.2, -0.15) is 0 Å². The Morgan fingerprint density at radius 2 is 1.20 bits per heavy atom. The Kier molecular flexibility index (Phi) is 60.3. The third kappa shape index (κ3) is 40.9. The standard InChI is InChI=1S/C45H77N7O11S2.C10H13NO2S2.2C4H10.2C2H6/c1-7-11-27-65-36-29-41(58)52(44(36)61)23-20-49-39(56)16-25-63-31-45(46-6,17-13-12-14-37(54)47-18-21-50(32-53)43(60)35(10-4)64-26-8-2)30-62-24-15-38(55)48-19-22-51-40(57)28-34(42(51)59)33(5)9-3;1-9-3-4-10(13)11(9)5-8-15-14-7-2-6-12;2*1-3-4-2;2*1-2/h32-36,46H,7-31H2,1-6H3,(H,47,54)(H,48,55)(H,49,56);3-4,6H,1-2,5,7-8H2;2*3-4H2,1-2H3;2*1-2H3. The number of carbonyl (C=O) groups excluding carboxylic acids is 11. The maximum Gasteiger partial charge on any atom is 0.251 e. The van der Waals surface area contributed by atoms with Crippen LogP contribution in [-0.2, 0) is 62.2 Å². The monoisotopic (exact) mass is 1370 g/mol. The van der Waals surface area contributed by atoms with E-state index in [2.05, 4.69) is 62.5 Å². The van der Waals surface area contributed by atoms with E-state index in [1.54, 1.807) is 39.6 Å². The average Bonchev–Trinajstić information content (AvgIpc) is 1.76. The average molecular weight is 1380 g/mol. The molecule has 10 amide bonds. The number of thioether (sulfide) groups is 2. The quantitative estimate of drug-likeness (QED) is 0.0191. The molecule has 5 atom stereocenters. The first kappa shape index (κ1) is 91.9. The molecule has 92 heavy (non-hydrogen) atoms.